The van der Waals surface area contributed by atoms with Crippen molar-refractivity contribution in [2.45, 2.75) is 13.8 Å². The lowest BCUT2D eigenvalue weighted by Crippen LogP contribution is -2.34. The zero-order valence-corrected chi connectivity index (χ0v) is 15.8. The van der Waals surface area contributed by atoms with Crippen LogP contribution in [0.3, 0.4) is 0 Å². The number of carbonyl (C=O) groups is 1. The van der Waals surface area contributed by atoms with Crippen molar-refractivity contribution in [1.29, 1.82) is 0 Å². The molecule has 126 valence electrons. The fourth-order valence-corrected chi connectivity index (χ4v) is 2.19. The molecule has 0 radical (unpaired) electrons. The molecule has 2 aromatic rings. The molecule has 1 amide bonds. The van der Waals surface area contributed by atoms with E-state index in [4.69, 9.17) is 17.0 Å². The van der Waals surface area contributed by atoms with Gasteiger partial charge in [-0.3, -0.25) is 10.1 Å². The normalized spacial score (nSPS) is 10.3. The Labute approximate surface area is 154 Å². The van der Waals surface area contributed by atoms with E-state index in [2.05, 4.69) is 45.4 Å². The number of amides is 1. The van der Waals surface area contributed by atoms with Gasteiger partial charge < -0.3 is 10.1 Å². The van der Waals surface area contributed by atoms with E-state index in [1.54, 1.807) is 30.5 Å². The van der Waals surface area contributed by atoms with Crippen LogP contribution < -0.4 is 15.4 Å². The highest BCUT2D eigenvalue weighted by Crippen LogP contribution is 2.14. The predicted octanol–water partition coefficient (Wildman–Crippen LogP) is 4.01. The Morgan fingerprint density at radius 2 is 2.12 bits per heavy atom. The summed E-state index contributed by atoms with van der Waals surface area (Å²) in [5.74, 6) is 1.32. The first-order chi connectivity index (χ1) is 11.4. The number of nitrogens with one attached hydrogen (secondary N) is 2. The number of hydrogen-bond acceptors (Lipinski definition) is 4. The Balaban J connectivity index is 1.94. The average Bonchev–Trinajstić information content (AvgIpc) is 2.55. The second-order valence-corrected chi connectivity index (χ2v) is 6.83. The Morgan fingerprint density at radius 1 is 1.33 bits per heavy atom. The van der Waals surface area contributed by atoms with E-state index in [9.17, 15) is 4.79 Å². The van der Waals surface area contributed by atoms with Gasteiger partial charge >= 0.3 is 0 Å². The molecule has 0 atom stereocenters. The zero-order chi connectivity index (χ0) is 17.5. The fraction of sp³-hybridized carbons (Fsp3) is 0.235. The molecule has 0 aliphatic carbocycles. The van der Waals surface area contributed by atoms with Gasteiger partial charge in [-0.1, -0.05) is 19.9 Å². The second kappa shape index (κ2) is 8.75. The van der Waals surface area contributed by atoms with Crippen molar-refractivity contribution in [2.24, 2.45) is 5.92 Å². The molecule has 0 aliphatic heterocycles. The maximum atomic E-state index is 12.3. The van der Waals surface area contributed by atoms with Gasteiger partial charge in [-0.05, 0) is 64.4 Å². The van der Waals surface area contributed by atoms with E-state index in [0.29, 0.717) is 29.7 Å². The SMILES string of the molecule is CC(C)COc1cccc(C(=O)NC(=S)Nc2ccc(Br)cn2)c1. The Bertz CT molecular complexity index is 720. The van der Waals surface area contributed by atoms with E-state index >= 15 is 0 Å². The topological polar surface area (TPSA) is 63.2 Å². The molecule has 1 heterocycles. The monoisotopic (exact) mass is 407 g/mol. The van der Waals surface area contributed by atoms with Crippen molar-refractivity contribution in [3.05, 3.63) is 52.6 Å². The van der Waals surface area contributed by atoms with Crippen LogP contribution in [0.25, 0.3) is 0 Å². The first-order valence-electron chi connectivity index (χ1n) is 7.41. The number of benzene rings is 1. The summed E-state index contributed by atoms with van der Waals surface area (Å²) >= 11 is 8.44. The lowest BCUT2D eigenvalue weighted by atomic mass is 10.2. The van der Waals surface area contributed by atoms with Crippen LogP contribution in [-0.4, -0.2) is 22.6 Å². The van der Waals surface area contributed by atoms with Crippen LogP contribution in [0, 0.1) is 5.92 Å². The number of halogens is 1. The van der Waals surface area contributed by atoms with Gasteiger partial charge in [0.15, 0.2) is 5.11 Å². The van der Waals surface area contributed by atoms with Gasteiger partial charge in [-0.15, -0.1) is 0 Å². The number of pyridine rings is 1. The van der Waals surface area contributed by atoms with Gasteiger partial charge in [-0.2, -0.15) is 0 Å². The first kappa shape index (κ1) is 18.4. The molecule has 0 aliphatic rings. The number of carbonyl (C=O) groups excluding carboxylic acids is 1. The molecule has 24 heavy (non-hydrogen) atoms. The lowest BCUT2D eigenvalue weighted by molar-refractivity contribution is 0.0977. The summed E-state index contributed by atoms with van der Waals surface area (Å²) in [5.41, 5.74) is 0.476. The lowest BCUT2D eigenvalue weighted by Gasteiger charge is -2.11. The summed E-state index contributed by atoms with van der Waals surface area (Å²) in [6.45, 7) is 4.73. The van der Waals surface area contributed by atoms with E-state index in [0.717, 1.165) is 4.47 Å². The largest absolute Gasteiger partial charge is 0.493 e. The first-order valence-corrected chi connectivity index (χ1v) is 8.61. The number of aromatic nitrogens is 1. The summed E-state index contributed by atoms with van der Waals surface area (Å²) in [7, 11) is 0. The van der Waals surface area contributed by atoms with Gasteiger partial charge in [0.1, 0.15) is 11.6 Å². The van der Waals surface area contributed by atoms with E-state index in [1.807, 2.05) is 12.1 Å². The summed E-state index contributed by atoms with van der Waals surface area (Å²) < 4.78 is 6.49. The maximum Gasteiger partial charge on any atom is 0.257 e. The van der Waals surface area contributed by atoms with Crippen LogP contribution in [0.15, 0.2) is 47.1 Å². The number of rotatable bonds is 5. The Kier molecular flexibility index (Phi) is 6.69. The summed E-state index contributed by atoms with van der Waals surface area (Å²) in [6.07, 6.45) is 1.64. The van der Waals surface area contributed by atoms with Crippen LogP contribution in [-0.2, 0) is 0 Å². The highest BCUT2D eigenvalue weighted by Gasteiger charge is 2.09. The molecular weight excluding hydrogens is 390 g/mol. The Morgan fingerprint density at radius 3 is 2.79 bits per heavy atom. The van der Waals surface area contributed by atoms with Gasteiger partial charge in [0, 0.05) is 16.2 Å². The molecule has 0 saturated heterocycles. The zero-order valence-electron chi connectivity index (χ0n) is 13.4. The van der Waals surface area contributed by atoms with Crippen molar-refractivity contribution >= 4 is 45.0 Å². The summed E-state index contributed by atoms with van der Waals surface area (Å²) in [5, 5.41) is 5.67. The van der Waals surface area contributed by atoms with Gasteiger partial charge in [-0.25, -0.2) is 4.98 Å². The molecule has 2 rings (SSSR count). The number of hydrogen-bond donors (Lipinski definition) is 2. The van der Waals surface area contributed by atoms with Crippen LogP contribution in [0.2, 0.25) is 0 Å². The quantitative estimate of drug-likeness (QED) is 0.733. The van der Waals surface area contributed by atoms with E-state index in [-0.39, 0.29) is 11.0 Å². The fourth-order valence-electron chi connectivity index (χ4n) is 1.76. The van der Waals surface area contributed by atoms with E-state index in [1.165, 1.54) is 0 Å². The third-order valence-corrected chi connectivity index (χ3v) is 3.55. The molecule has 0 fully saturated rings. The van der Waals surface area contributed by atoms with Crippen molar-refractivity contribution in [3.63, 3.8) is 0 Å². The molecule has 0 spiro atoms. The molecule has 0 unspecified atom stereocenters. The highest BCUT2D eigenvalue weighted by atomic mass is 79.9. The number of anilines is 1. The second-order valence-electron chi connectivity index (χ2n) is 5.50. The smallest absolute Gasteiger partial charge is 0.257 e. The minimum Gasteiger partial charge on any atom is -0.493 e. The van der Waals surface area contributed by atoms with Crippen molar-refractivity contribution < 1.29 is 9.53 Å². The molecular formula is C17H18BrN3O2S. The van der Waals surface area contributed by atoms with Gasteiger partial charge in [0.05, 0.1) is 6.61 Å². The number of ether oxygens (including phenoxy) is 1. The molecule has 1 aromatic carbocycles. The maximum absolute atomic E-state index is 12.3. The van der Waals surface area contributed by atoms with Crippen LogP contribution >= 0.6 is 28.1 Å². The molecule has 7 heteroatoms. The van der Waals surface area contributed by atoms with Gasteiger partial charge in [0.2, 0.25) is 0 Å². The van der Waals surface area contributed by atoms with Crippen molar-refractivity contribution in [1.82, 2.24) is 10.3 Å². The molecule has 5 nitrogen and oxygen atoms in total. The molecule has 0 saturated carbocycles. The summed E-state index contributed by atoms with van der Waals surface area (Å²) in [4.78, 5) is 16.4. The highest BCUT2D eigenvalue weighted by molar-refractivity contribution is 9.10. The Hall–Kier alpha value is -1.99. The number of thiocarbonyl (C=S) groups is 1. The summed E-state index contributed by atoms with van der Waals surface area (Å²) in [6, 6.07) is 10.6. The third-order valence-electron chi connectivity index (χ3n) is 2.88. The van der Waals surface area contributed by atoms with Crippen LogP contribution in [0.5, 0.6) is 5.75 Å². The van der Waals surface area contributed by atoms with Crippen molar-refractivity contribution in [3.8, 4) is 5.75 Å². The average molecular weight is 408 g/mol. The van der Waals surface area contributed by atoms with Gasteiger partial charge in [0.25, 0.3) is 5.91 Å². The van der Waals surface area contributed by atoms with Crippen LogP contribution in [0.4, 0.5) is 5.82 Å². The third kappa shape index (κ3) is 5.90. The molecule has 2 N–H and O–H groups in total. The minimum atomic E-state index is -0.306. The predicted molar refractivity (Wildman–Crippen MR) is 102 cm³/mol. The molecule has 1 aromatic heterocycles. The van der Waals surface area contributed by atoms with Crippen molar-refractivity contribution in [2.75, 3.05) is 11.9 Å². The minimum absolute atomic E-state index is 0.184. The standard InChI is InChI=1S/C17H18BrN3O2S/c1-11(2)10-23-14-5-3-4-12(8-14)16(22)21-17(24)20-15-7-6-13(18)9-19-15/h3-9,11H,10H2,1-2H3,(H2,19,20,21,22,24). The van der Waals surface area contributed by atoms with E-state index < -0.39 is 0 Å². The molecule has 0 bridgehead atoms. The van der Waals surface area contributed by atoms with Crippen LogP contribution in [0.1, 0.15) is 24.2 Å². The number of nitrogens with zero attached hydrogens (tertiary/aromatic N) is 1.